The highest BCUT2D eigenvalue weighted by Crippen LogP contribution is 2.44. The van der Waals surface area contributed by atoms with E-state index in [0.29, 0.717) is 24.0 Å². The normalized spacial score (nSPS) is 24.3. The smallest absolute Gasteiger partial charge is 0.243 e. The molecule has 2 bridgehead atoms. The van der Waals surface area contributed by atoms with Crippen LogP contribution in [0, 0.1) is 5.92 Å². The SMILES string of the molecule is O=S(=O)(c1ccc(N2C[C@@H]3CC[C@H]2C3)c(-c2cc3ccccc3[nH]2)c1)N1CCC1. The lowest BCUT2D eigenvalue weighted by Gasteiger charge is -2.32. The van der Waals surface area contributed by atoms with Crippen molar-refractivity contribution in [3.8, 4) is 11.3 Å². The van der Waals surface area contributed by atoms with Gasteiger partial charge < -0.3 is 9.88 Å². The lowest BCUT2D eigenvalue weighted by molar-refractivity contribution is 0.309. The molecule has 5 nitrogen and oxygen atoms in total. The zero-order chi connectivity index (χ0) is 19.6. The molecule has 2 aromatic carbocycles. The van der Waals surface area contributed by atoms with Crippen LogP contribution in [-0.2, 0) is 10.0 Å². The first-order valence-electron chi connectivity index (χ1n) is 10.6. The number of piperidine rings is 1. The number of aromatic amines is 1. The Bertz CT molecular complexity index is 1160. The van der Waals surface area contributed by atoms with Crippen LogP contribution in [0.4, 0.5) is 5.69 Å². The van der Waals surface area contributed by atoms with E-state index in [9.17, 15) is 8.42 Å². The third-order valence-corrected chi connectivity index (χ3v) is 8.85. The van der Waals surface area contributed by atoms with Crippen LogP contribution in [0.3, 0.4) is 0 Å². The Morgan fingerprint density at radius 3 is 2.55 bits per heavy atom. The highest BCUT2D eigenvalue weighted by molar-refractivity contribution is 7.89. The number of rotatable bonds is 4. The Labute approximate surface area is 171 Å². The van der Waals surface area contributed by atoms with E-state index in [4.69, 9.17) is 0 Å². The highest BCUT2D eigenvalue weighted by Gasteiger charge is 2.39. The van der Waals surface area contributed by atoms with Crippen molar-refractivity contribution in [2.24, 2.45) is 5.92 Å². The Morgan fingerprint density at radius 2 is 1.86 bits per heavy atom. The van der Waals surface area contributed by atoms with Crippen molar-refractivity contribution in [2.75, 3.05) is 24.5 Å². The van der Waals surface area contributed by atoms with Crippen LogP contribution >= 0.6 is 0 Å². The Hall–Kier alpha value is -2.31. The maximum Gasteiger partial charge on any atom is 0.243 e. The lowest BCUT2D eigenvalue weighted by atomic mass is 10.0. The molecule has 0 unspecified atom stereocenters. The first-order chi connectivity index (χ1) is 14.1. The van der Waals surface area contributed by atoms with E-state index in [1.54, 1.807) is 10.4 Å². The van der Waals surface area contributed by atoms with E-state index in [2.05, 4.69) is 28.1 Å². The van der Waals surface area contributed by atoms with Crippen molar-refractivity contribution in [1.29, 1.82) is 0 Å². The number of fused-ring (bicyclic) bond motifs is 3. The molecule has 1 aliphatic carbocycles. The largest absolute Gasteiger partial charge is 0.368 e. The van der Waals surface area contributed by atoms with Crippen molar-refractivity contribution >= 4 is 26.6 Å². The standard InChI is InChI=1S/C23H25N3O2S/c27-29(28,25-10-3-11-25)19-8-9-23(26-15-16-6-7-18(26)12-16)20(14-19)22-13-17-4-1-2-5-21(17)24-22/h1-2,4-5,8-9,13-14,16,18,24H,3,6-7,10-12,15H2/t16-,18+/m1/s1. The maximum absolute atomic E-state index is 13.0. The van der Waals surface area contributed by atoms with Crippen LogP contribution in [0.15, 0.2) is 53.4 Å². The van der Waals surface area contributed by atoms with E-state index < -0.39 is 10.0 Å². The molecule has 3 aromatic rings. The van der Waals surface area contributed by atoms with Crippen molar-refractivity contribution in [1.82, 2.24) is 9.29 Å². The second-order valence-electron chi connectivity index (χ2n) is 8.69. The minimum absolute atomic E-state index is 0.402. The molecule has 3 fully saturated rings. The zero-order valence-corrected chi connectivity index (χ0v) is 17.2. The molecule has 2 atom stereocenters. The predicted octanol–water partition coefficient (Wildman–Crippen LogP) is 4.22. The number of hydrogen-bond donors (Lipinski definition) is 1. The topological polar surface area (TPSA) is 56.4 Å². The zero-order valence-electron chi connectivity index (χ0n) is 16.3. The summed E-state index contributed by atoms with van der Waals surface area (Å²) in [5.41, 5.74) is 4.22. The molecule has 6 heteroatoms. The number of nitrogens with one attached hydrogen (secondary N) is 1. The third kappa shape index (κ3) is 2.73. The monoisotopic (exact) mass is 407 g/mol. The van der Waals surface area contributed by atoms with Gasteiger partial charge in [-0.15, -0.1) is 0 Å². The summed E-state index contributed by atoms with van der Waals surface area (Å²) in [7, 11) is -3.41. The second-order valence-corrected chi connectivity index (χ2v) is 10.6. The van der Waals surface area contributed by atoms with Crippen molar-refractivity contribution < 1.29 is 8.42 Å². The Morgan fingerprint density at radius 1 is 1.00 bits per heavy atom. The van der Waals surface area contributed by atoms with E-state index in [1.807, 2.05) is 24.3 Å². The molecule has 0 radical (unpaired) electrons. The van der Waals surface area contributed by atoms with Crippen molar-refractivity contribution in [2.45, 2.75) is 36.6 Å². The average Bonchev–Trinajstić information content (AvgIpc) is 3.40. The molecule has 6 rings (SSSR count). The van der Waals surface area contributed by atoms with Crippen LogP contribution in [-0.4, -0.2) is 43.4 Å². The maximum atomic E-state index is 13.0. The summed E-state index contributed by atoms with van der Waals surface area (Å²) in [6.07, 6.45) is 4.78. The second kappa shape index (κ2) is 6.34. The van der Waals surface area contributed by atoms with Gasteiger partial charge in [-0.2, -0.15) is 4.31 Å². The quantitative estimate of drug-likeness (QED) is 0.705. The molecule has 0 amide bonds. The summed E-state index contributed by atoms with van der Waals surface area (Å²) in [6, 6.07) is 16.7. The summed E-state index contributed by atoms with van der Waals surface area (Å²) in [4.78, 5) is 6.43. The molecular weight excluding hydrogens is 382 g/mol. The number of para-hydroxylation sites is 1. The van der Waals surface area contributed by atoms with E-state index in [-0.39, 0.29) is 0 Å². The van der Waals surface area contributed by atoms with Crippen LogP contribution in [0.25, 0.3) is 22.2 Å². The van der Waals surface area contributed by atoms with Gasteiger partial charge in [0.05, 0.1) is 4.90 Å². The molecule has 0 spiro atoms. The van der Waals surface area contributed by atoms with Gasteiger partial charge in [0.15, 0.2) is 0 Å². The fourth-order valence-corrected chi connectivity index (χ4v) is 6.80. The molecule has 150 valence electrons. The fraction of sp³-hybridized carbons (Fsp3) is 0.391. The van der Waals surface area contributed by atoms with Crippen LogP contribution in [0.5, 0.6) is 0 Å². The van der Waals surface area contributed by atoms with E-state index >= 15 is 0 Å². The van der Waals surface area contributed by atoms with E-state index in [0.717, 1.165) is 46.7 Å². The van der Waals surface area contributed by atoms with Gasteiger partial charge in [0, 0.05) is 53.5 Å². The van der Waals surface area contributed by atoms with Crippen LogP contribution in [0.2, 0.25) is 0 Å². The van der Waals surface area contributed by atoms with Gasteiger partial charge in [-0.1, -0.05) is 18.2 Å². The highest BCUT2D eigenvalue weighted by atomic mass is 32.2. The molecule has 2 aliphatic heterocycles. The first-order valence-corrected chi connectivity index (χ1v) is 12.0. The lowest BCUT2D eigenvalue weighted by Crippen LogP contribution is -2.41. The van der Waals surface area contributed by atoms with Gasteiger partial charge in [-0.25, -0.2) is 8.42 Å². The van der Waals surface area contributed by atoms with Crippen molar-refractivity contribution in [3.63, 3.8) is 0 Å². The molecule has 3 heterocycles. The number of benzene rings is 2. The number of hydrogen-bond acceptors (Lipinski definition) is 3. The molecule has 3 aliphatic rings. The molecule has 29 heavy (non-hydrogen) atoms. The number of nitrogens with zero attached hydrogens (tertiary/aromatic N) is 2. The van der Waals surface area contributed by atoms with Gasteiger partial charge in [0.2, 0.25) is 10.0 Å². The summed E-state index contributed by atoms with van der Waals surface area (Å²) in [5, 5.41) is 1.15. The van der Waals surface area contributed by atoms with Gasteiger partial charge in [-0.05, 0) is 61.9 Å². The van der Waals surface area contributed by atoms with Crippen LogP contribution < -0.4 is 4.90 Å². The van der Waals surface area contributed by atoms with E-state index in [1.165, 1.54) is 19.3 Å². The molecule has 1 N–H and O–H groups in total. The van der Waals surface area contributed by atoms with Gasteiger partial charge >= 0.3 is 0 Å². The van der Waals surface area contributed by atoms with Gasteiger partial charge in [-0.3, -0.25) is 0 Å². The number of anilines is 1. The number of sulfonamides is 1. The molecule has 2 saturated heterocycles. The summed E-state index contributed by atoms with van der Waals surface area (Å²) in [6.45, 7) is 2.33. The molecule has 1 aromatic heterocycles. The van der Waals surface area contributed by atoms with Gasteiger partial charge in [0.1, 0.15) is 0 Å². The number of H-pyrrole nitrogens is 1. The average molecular weight is 408 g/mol. The van der Waals surface area contributed by atoms with Crippen LogP contribution in [0.1, 0.15) is 25.7 Å². The third-order valence-electron chi connectivity index (χ3n) is 6.96. The summed E-state index contributed by atoms with van der Waals surface area (Å²) < 4.78 is 27.6. The minimum atomic E-state index is -3.41. The molecule has 1 saturated carbocycles. The summed E-state index contributed by atoms with van der Waals surface area (Å²) in [5.74, 6) is 0.778. The minimum Gasteiger partial charge on any atom is -0.368 e. The fourth-order valence-electron chi connectivity index (χ4n) is 5.26. The Kier molecular flexibility index (Phi) is 3.84. The summed E-state index contributed by atoms with van der Waals surface area (Å²) >= 11 is 0. The van der Waals surface area contributed by atoms with Crippen molar-refractivity contribution in [3.05, 3.63) is 48.5 Å². The first kappa shape index (κ1) is 17.5. The predicted molar refractivity (Wildman–Crippen MR) is 116 cm³/mol. The Balaban J connectivity index is 1.50. The number of aromatic nitrogens is 1. The molecular formula is C23H25N3O2S. The van der Waals surface area contributed by atoms with Gasteiger partial charge in [0.25, 0.3) is 0 Å².